The second kappa shape index (κ2) is 8.04. The lowest BCUT2D eigenvalue weighted by Gasteiger charge is -2.27. The number of amides is 1. The number of aliphatic imine (C=N–C) groups is 1. The van der Waals surface area contributed by atoms with Gasteiger partial charge >= 0.3 is 0 Å². The number of thiazole rings is 1. The van der Waals surface area contributed by atoms with Gasteiger partial charge in [-0.1, -0.05) is 6.07 Å². The van der Waals surface area contributed by atoms with E-state index in [-0.39, 0.29) is 5.91 Å². The average molecular weight is 360 g/mol. The minimum atomic E-state index is -0.0870. The molecule has 9 heteroatoms. The zero-order valence-electron chi connectivity index (χ0n) is 13.9. The van der Waals surface area contributed by atoms with E-state index in [1.54, 1.807) is 0 Å². The van der Waals surface area contributed by atoms with Crippen LogP contribution < -0.4 is 11.1 Å². The molecule has 0 unspecified atom stereocenters. The minimum absolute atomic E-state index is 0.0870. The number of nitrogens with zero attached hydrogens (tertiary/aromatic N) is 4. The van der Waals surface area contributed by atoms with Crippen molar-refractivity contribution in [1.82, 2.24) is 20.2 Å². The average Bonchev–Trinajstić information content (AvgIpc) is 3.09. The van der Waals surface area contributed by atoms with E-state index < -0.39 is 0 Å². The van der Waals surface area contributed by atoms with Gasteiger partial charge in [0, 0.05) is 25.4 Å². The topological polar surface area (TPSA) is 106 Å². The number of guanidine groups is 1. The fourth-order valence-corrected chi connectivity index (χ4v) is 3.02. The Morgan fingerprint density at radius 1 is 1.36 bits per heavy atom. The third kappa shape index (κ3) is 4.74. The molecular weight excluding hydrogens is 340 g/mol. The fourth-order valence-electron chi connectivity index (χ4n) is 2.33. The van der Waals surface area contributed by atoms with Gasteiger partial charge in [0.05, 0.1) is 31.1 Å². The molecule has 25 heavy (non-hydrogen) atoms. The predicted octanol–water partition coefficient (Wildman–Crippen LogP) is 1.12. The SMILES string of the molecule is CC(=O)NCc1cccc(-c2csc(N=C(N)N3CCOCC3)n2)n1. The molecule has 3 N–H and O–H groups in total. The highest BCUT2D eigenvalue weighted by Crippen LogP contribution is 2.25. The van der Waals surface area contributed by atoms with Gasteiger partial charge in [-0.25, -0.2) is 9.97 Å². The Bertz CT molecular complexity index is 769. The highest BCUT2D eigenvalue weighted by molar-refractivity contribution is 7.13. The smallest absolute Gasteiger partial charge is 0.217 e. The first-order chi connectivity index (χ1) is 12.1. The standard InChI is InChI=1S/C16H20N6O2S/c1-11(23)18-9-12-3-2-4-13(19-12)14-10-25-16(20-14)21-15(17)22-5-7-24-8-6-22/h2-4,10H,5-9H2,1H3,(H,18,23)(H2,17,20,21). The van der Waals surface area contributed by atoms with Crippen molar-refractivity contribution < 1.29 is 9.53 Å². The zero-order valence-corrected chi connectivity index (χ0v) is 14.8. The number of nitrogens with one attached hydrogen (secondary N) is 1. The van der Waals surface area contributed by atoms with Gasteiger partial charge in [0.25, 0.3) is 0 Å². The molecule has 1 aliphatic rings. The van der Waals surface area contributed by atoms with Crippen LogP contribution in [-0.4, -0.2) is 53.0 Å². The van der Waals surface area contributed by atoms with Crippen molar-refractivity contribution in [2.45, 2.75) is 13.5 Å². The van der Waals surface area contributed by atoms with Crippen LogP contribution in [0.1, 0.15) is 12.6 Å². The Balaban J connectivity index is 1.72. The number of hydrogen-bond donors (Lipinski definition) is 2. The first kappa shape index (κ1) is 17.3. The van der Waals surface area contributed by atoms with Gasteiger partial charge in [0.2, 0.25) is 11.0 Å². The number of aromatic nitrogens is 2. The first-order valence-corrected chi connectivity index (χ1v) is 8.83. The van der Waals surface area contributed by atoms with E-state index in [1.165, 1.54) is 18.3 Å². The lowest BCUT2D eigenvalue weighted by Crippen LogP contribution is -2.44. The van der Waals surface area contributed by atoms with Crippen LogP contribution in [0.2, 0.25) is 0 Å². The van der Waals surface area contributed by atoms with Gasteiger partial charge in [0.15, 0.2) is 5.96 Å². The van der Waals surface area contributed by atoms with Gasteiger partial charge in [-0.2, -0.15) is 4.99 Å². The Morgan fingerprint density at radius 3 is 2.92 bits per heavy atom. The van der Waals surface area contributed by atoms with E-state index in [0.29, 0.717) is 30.8 Å². The Kier molecular flexibility index (Phi) is 5.56. The van der Waals surface area contributed by atoms with Crippen LogP contribution >= 0.6 is 11.3 Å². The molecule has 1 aliphatic heterocycles. The second-order valence-corrected chi connectivity index (χ2v) is 6.35. The number of carbonyl (C=O) groups excluding carboxylic acids is 1. The summed E-state index contributed by atoms with van der Waals surface area (Å²) in [6, 6.07) is 5.64. The number of morpholine rings is 1. The van der Waals surface area contributed by atoms with E-state index in [4.69, 9.17) is 10.5 Å². The summed E-state index contributed by atoms with van der Waals surface area (Å²) in [5, 5.41) is 5.22. The molecule has 2 aromatic rings. The molecule has 1 fully saturated rings. The molecule has 3 heterocycles. The van der Waals surface area contributed by atoms with Gasteiger partial charge in [-0.05, 0) is 12.1 Å². The fraction of sp³-hybridized carbons (Fsp3) is 0.375. The van der Waals surface area contributed by atoms with Crippen LogP contribution in [0.15, 0.2) is 28.6 Å². The lowest BCUT2D eigenvalue weighted by molar-refractivity contribution is -0.119. The molecule has 0 spiro atoms. The third-order valence-corrected chi connectivity index (χ3v) is 4.36. The van der Waals surface area contributed by atoms with Gasteiger partial charge in [-0.3, -0.25) is 4.79 Å². The normalized spacial score (nSPS) is 15.2. The van der Waals surface area contributed by atoms with E-state index >= 15 is 0 Å². The zero-order chi connectivity index (χ0) is 17.6. The number of rotatable bonds is 4. The van der Waals surface area contributed by atoms with E-state index in [9.17, 15) is 4.79 Å². The summed E-state index contributed by atoms with van der Waals surface area (Å²) >= 11 is 1.41. The Hall–Kier alpha value is -2.52. The number of hydrogen-bond acceptors (Lipinski definition) is 6. The number of nitrogens with two attached hydrogens (primary N) is 1. The molecule has 0 atom stereocenters. The highest BCUT2D eigenvalue weighted by atomic mass is 32.1. The predicted molar refractivity (Wildman–Crippen MR) is 96.5 cm³/mol. The highest BCUT2D eigenvalue weighted by Gasteiger charge is 2.13. The second-order valence-electron chi connectivity index (χ2n) is 5.51. The van der Waals surface area contributed by atoms with Gasteiger partial charge in [-0.15, -0.1) is 11.3 Å². The Morgan fingerprint density at radius 2 is 2.16 bits per heavy atom. The van der Waals surface area contributed by atoms with E-state index in [1.807, 2.05) is 28.5 Å². The third-order valence-electron chi connectivity index (χ3n) is 3.62. The largest absolute Gasteiger partial charge is 0.378 e. The van der Waals surface area contributed by atoms with Crippen LogP contribution in [0.25, 0.3) is 11.4 Å². The molecule has 0 aromatic carbocycles. The molecule has 3 rings (SSSR count). The maximum absolute atomic E-state index is 11.0. The number of ether oxygens (including phenoxy) is 1. The number of carbonyl (C=O) groups is 1. The summed E-state index contributed by atoms with van der Waals surface area (Å²) in [6.07, 6.45) is 0. The summed E-state index contributed by atoms with van der Waals surface area (Å²) < 4.78 is 5.31. The van der Waals surface area contributed by atoms with Gasteiger partial charge < -0.3 is 20.7 Å². The van der Waals surface area contributed by atoms with Crippen LogP contribution in [-0.2, 0) is 16.1 Å². The first-order valence-electron chi connectivity index (χ1n) is 7.95. The summed E-state index contributed by atoms with van der Waals surface area (Å²) in [5.74, 6) is 0.368. The van der Waals surface area contributed by atoms with E-state index in [0.717, 1.165) is 30.2 Å². The number of pyridine rings is 1. The summed E-state index contributed by atoms with van der Waals surface area (Å²) in [5.41, 5.74) is 8.31. The molecule has 132 valence electrons. The maximum Gasteiger partial charge on any atom is 0.217 e. The van der Waals surface area contributed by atoms with Crippen LogP contribution in [0, 0.1) is 0 Å². The van der Waals surface area contributed by atoms with Crippen molar-refractivity contribution in [2.24, 2.45) is 10.7 Å². The minimum Gasteiger partial charge on any atom is -0.378 e. The molecular formula is C16H20N6O2S. The van der Waals surface area contributed by atoms with Crippen molar-refractivity contribution in [3.8, 4) is 11.4 Å². The molecule has 0 saturated carbocycles. The van der Waals surface area contributed by atoms with Crippen LogP contribution in [0.4, 0.5) is 5.13 Å². The molecule has 1 saturated heterocycles. The van der Waals surface area contributed by atoms with Crippen LogP contribution in [0.3, 0.4) is 0 Å². The molecule has 0 bridgehead atoms. The molecule has 0 aliphatic carbocycles. The maximum atomic E-state index is 11.0. The lowest BCUT2D eigenvalue weighted by atomic mass is 10.2. The van der Waals surface area contributed by atoms with Crippen molar-refractivity contribution in [3.05, 3.63) is 29.3 Å². The molecule has 8 nitrogen and oxygen atoms in total. The van der Waals surface area contributed by atoms with Gasteiger partial charge in [0.1, 0.15) is 5.69 Å². The quantitative estimate of drug-likeness (QED) is 0.625. The Labute approximate surface area is 149 Å². The monoisotopic (exact) mass is 360 g/mol. The van der Waals surface area contributed by atoms with Crippen molar-refractivity contribution in [1.29, 1.82) is 0 Å². The molecule has 0 radical (unpaired) electrons. The summed E-state index contributed by atoms with van der Waals surface area (Å²) in [4.78, 5) is 26.4. The molecule has 1 amide bonds. The van der Waals surface area contributed by atoms with Crippen molar-refractivity contribution >= 4 is 28.3 Å². The van der Waals surface area contributed by atoms with Crippen molar-refractivity contribution in [2.75, 3.05) is 26.3 Å². The van der Waals surface area contributed by atoms with Crippen LogP contribution in [0.5, 0.6) is 0 Å². The summed E-state index contributed by atoms with van der Waals surface area (Å²) in [7, 11) is 0. The van der Waals surface area contributed by atoms with Crippen molar-refractivity contribution in [3.63, 3.8) is 0 Å². The molecule has 2 aromatic heterocycles. The van der Waals surface area contributed by atoms with E-state index in [2.05, 4.69) is 20.3 Å². The summed E-state index contributed by atoms with van der Waals surface area (Å²) in [6.45, 7) is 4.66.